The number of benzene rings is 1. The molecule has 0 unspecified atom stereocenters. The first kappa shape index (κ1) is 22.5. The molecule has 0 saturated heterocycles. The molecule has 31 heavy (non-hydrogen) atoms. The van der Waals surface area contributed by atoms with Gasteiger partial charge in [0, 0.05) is 11.3 Å². The van der Waals surface area contributed by atoms with Gasteiger partial charge in [0.05, 0.1) is 30.9 Å². The van der Waals surface area contributed by atoms with Crippen LogP contribution in [0, 0.1) is 13.8 Å². The molecular formula is C22H24N2O6S. The van der Waals surface area contributed by atoms with E-state index in [-0.39, 0.29) is 22.7 Å². The first-order valence-corrected chi connectivity index (χ1v) is 11.0. The molecular weight excluding hydrogens is 420 g/mol. The van der Waals surface area contributed by atoms with Gasteiger partial charge in [0.15, 0.2) is 5.78 Å². The molecule has 0 spiro atoms. The molecule has 0 amide bonds. The van der Waals surface area contributed by atoms with Gasteiger partial charge in [0.1, 0.15) is 11.5 Å². The number of Topliss-reactive ketones (excluding diaryl/α,β-unsaturated/α-hetero) is 1. The van der Waals surface area contributed by atoms with E-state index >= 15 is 0 Å². The van der Waals surface area contributed by atoms with E-state index in [1.54, 1.807) is 44.2 Å². The van der Waals surface area contributed by atoms with E-state index in [4.69, 9.17) is 9.15 Å². The molecule has 0 radical (unpaired) electrons. The van der Waals surface area contributed by atoms with Crippen molar-refractivity contribution in [2.24, 2.45) is 0 Å². The van der Waals surface area contributed by atoms with Crippen molar-refractivity contribution in [3.05, 3.63) is 77.0 Å². The summed E-state index contributed by atoms with van der Waals surface area (Å²) in [6, 6.07) is 10.1. The van der Waals surface area contributed by atoms with Crippen LogP contribution in [0.25, 0.3) is 0 Å². The summed E-state index contributed by atoms with van der Waals surface area (Å²) >= 11 is 0. The van der Waals surface area contributed by atoms with Crippen molar-refractivity contribution >= 4 is 21.8 Å². The summed E-state index contributed by atoms with van der Waals surface area (Å²) < 4.78 is 38.0. The summed E-state index contributed by atoms with van der Waals surface area (Å²) in [5, 5.41) is 0. The number of furan rings is 1. The van der Waals surface area contributed by atoms with Gasteiger partial charge in [-0.1, -0.05) is 18.2 Å². The maximum Gasteiger partial charge on any atom is 0.354 e. The number of nitrogens with zero attached hydrogens (tertiary/aromatic N) is 1. The Morgan fingerprint density at radius 1 is 1.13 bits per heavy atom. The van der Waals surface area contributed by atoms with Gasteiger partial charge in [-0.25, -0.2) is 13.2 Å². The van der Waals surface area contributed by atoms with E-state index < -0.39 is 27.8 Å². The van der Waals surface area contributed by atoms with Crippen molar-refractivity contribution in [1.29, 1.82) is 0 Å². The quantitative estimate of drug-likeness (QED) is 0.421. The molecule has 0 saturated carbocycles. The number of methoxy groups -OCH3 is 1. The molecule has 0 aliphatic carbocycles. The van der Waals surface area contributed by atoms with Crippen LogP contribution in [0.1, 0.15) is 44.8 Å². The van der Waals surface area contributed by atoms with Crippen molar-refractivity contribution < 1.29 is 27.2 Å². The SMILES string of the molecule is COC(=O)c1[nH]c(C)c(C(=O)[C@@H](C)N(Cc2ccco2)S(=O)(=O)c2ccccc2)c1C. The molecule has 0 fully saturated rings. The molecule has 0 bridgehead atoms. The largest absolute Gasteiger partial charge is 0.468 e. The zero-order chi connectivity index (χ0) is 22.8. The number of ether oxygens (including phenoxy) is 1. The molecule has 2 aromatic heterocycles. The second-order valence-electron chi connectivity index (χ2n) is 7.10. The Kier molecular flexibility index (Phi) is 6.47. The fourth-order valence-electron chi connectivity index (χ4n) is 3.48. The van der Waals surface area contributed by atoms with Gasteiger partial charge in [0.25, 0.3) is 0 Å². The third-order valence-corrected chi connectivity index (χ3v) is 7.06. The highest BCUT2D eigenvalue weighted by molar-refractivity contribution is 7.89. The monoisotopic (exact) mass is 444 g/mol. The van der Waals surface area contributed by atoms with Crippen LogP contribution >= 0.6 is 0 Å². The molecule has 1 aromatic carbocycles. The summed E-state index contributed by atoms with van der Waals surface area (Å²) in [4.78, 5) is 28.4. The predicted molar refractivity (Wildman–Crippen MR) is 113 cm³/mol. The minimum atomic E-state index is -4.02. The maximum absolute atomic E-state index is 13.4. The highest BCUT2D eigenvalue weighted by Crippen LogP contribution is 2.26. The molecule has 3 aromatic rings. The van der Waals surface area contributed by atoms with E-state index in [9.17, 15) is 18.0 Å². The summed E-state index contributed by atoms with van der Waals surface area (Å²) in [7, 11) is -2.77. The number of hydrogen-bond acceptors (Lipinski definition) is 6. The Morgan fingerprint density at radius 2 is 1.81 bits per heavy atom. The molecule has 164 valence electrons. The third kappa shape index (κ3) is 4.33. The Balaban J connectivity index is 2.05. The highest BCUT2D eigenvalue weighted by Gasteiger charge is 2.36. The van der Waals surface area contributed by atoms with Crippen molar-refractivity contribution in [2.75, 3.05) is 7.11 Å². The van der Waals surface area contributed by atoms with E-state index in [2.05, 4.69) is 4.98 Å². The number of H-pyrrole nitrogens is 1. The Hall–Kier alpha value is -3.17. The van der Waals surface area contributed by atoms with E-state index in [1.165, 1.54) is 32.4 Å². The molecule has 1 atom stereocenters. The van der Waals surface area contributed by atoms with Gasteiger partial charge in [-0.3, -0.25) is 4.79 Å². The second-order valence-corrected chi connectivity index (χ2v) is 8.99. The number of aryl methyl sites for hydroxylation is 1. The lowest BCUT2D eigenvalue weighted by Crippen LogP contribution is -2.43. The van der Waals surface area contributed by atoms with Crippen LogP contribution in [-0.2, 0) is 21.3 Å². The minimum Gasteiger partial charge on any atom is -0.468 e. The topological polar surface area (TPSA) is 110 Å². The molecule has 0 aliphatic rings. The van der Waals surface area contributed by atoms with Crippen LogP contribution in [0.4, 0.5) is 0 Å². The zero-order valence-corrected chi connectivity index (χ0v) is 18.5. The lowest BCUT2D eigenvalue weighted by molar-refractivity contribution is 0.0594. The molecule has 9 heteroatoms. The smallest absolute Gasteiger partial charge is 0.354 e. The lowest BCUT2D eigenvalue weighted by Gasteiger charge is -2.27. The number of ketones is 1. The number of nitrogens with one attached hydrogen (secondary N) is 1. The second kappa shape index (κ2) is 8.91. The van der Waals surface area contributed by atoms with Gasteiger partial charge < -0.3 is 14.1 Å². The first-order valence-electron chi connectivity index (χ1n) is 9.59. The fourth-order valence-corrected chi connectivity index (χ4v) is 5.06. The summed E-state index contributed by atoms with van der Waals surface area (Å²) in [5.41, 5.74) is 1.31. The van der Waals surface area contributed by atoms with Crippen molar-refractivity contribution in [3.63, 3.8) is 0 Å². The standard InChI is InChI=1S/C22H24N2O6S/c1-14-19(15(2)23-20(14)22(26)29-4)21(25)16(3)24(13-17-9-8-12-30-17)31(27,28)18-10-6-5-7-11-18/h5-12,16,23H,13H2,1-4H3/t16-/m1/s1. The molecule has 0 aliphatic heterocycles. The van der Waals surface area contributed by atoms with Crippen molar-refractivity contribution in [1.82, 2.24) is 9.29 Å². The van der Waals surface area contributed by atoms with Gasteiger partial charge in [-0.15, -0.1) is 0 Å². The van der Waals surface area contributed by atoms with Crippen LogP contribution in [0.3, 0.4) is 0 Å². The minimum absolute atomic E-state index is 0.0685. The number of hydrogen-bond donors (Lipinski definition) is 1. The summed E-state index contributed by atoms with van der Waals surface area (Å²) in [6.45, 7) is 4.68. The zero-order valence-electron chi connectivity index (χ0n) is 17.7. The number of aromatic amines is 1. The van der Waals surface area contributed by atoms with Gasteiger partial charge >= 0.3 is 5.97 Å². The summed E-state index contributed by atoms with van der Waals surface area (Å²) in [6.07, 6.45) is 1.44. The third-order valence-electron chi connectivity index (χ3n) is 5.13. The average molecular weight is 445 g/mol. The fraction of sp³-hybridized carbons (Fsp3) is 0.273. The number of rotatable bonds is 8. The molecule has 2 heterocycles. The van der Waals surface area contributed by atoms with E-state index in [1.807, 2.05) is 0 Å². The van der Waals surface area contributed by atoms with E-state index in [0.717, 1.165) is 4.31 Å². The van der Waals surface area contributed by atoms with Crippen LogP contribution in [0.5, 0.6) is 0 Å². The van der Waals surface area contributed by atoms with E-state index in [0.29, 0.717) is 17.0 Å². The molecule has 1 N–H and O–H groups in total. The predicted octanol–water partition coefficient (Wildman–Crippen LogP) is 3.47. The van der Waals surface area contributed by atoms with Crippen LogP contribution < -0.4 is 0 Å². The highest BCUT2D eigenvalue weighted by atomic mass is 32.2. The lowest BCUT2D eigenvalue weighted by atomic mass is 10.0. The van der Waals surface area contributed by atoms with Crippen LogP contribution in [0.15, 0.2) is 58.0 Å². The van der Waals surface area contributed by atoms with Gasteiger partial charge in [-0.05, 0) is 50.6 Å². The Bertz CT molecular complexity index is 1180. The van der Waals surface area contributed by atoms with Crippen molar-refractivity contribution in [2.45, 2.75) is 38.3 Å². The van der Waals surface area contributed by atoms with Crippen LogP contribution in [0.2, 0.25) is 0 Å². The molecule has 3 rings (SSSR count). The number of esters is 1. The average Bonchev–Trinajstić information content (AvgIpc) is 3.38. The van der Waals surface area contributed by atoms with Crippen molar-refractivity contribution in [3.8, 4) is 0 Å². The Morgan fingerprint density at radius 3 is 2.39 bits per heavy atom. The van der Waals surface area contributed by atoms with Gasteiger partial charge in [-0.2, -0.15) is 4.31 Å². The van der Waals surface area contributed by atoms with Gasteiger partial charge in [0.2, 0.25) is 10.0 Å². The number of carbonyl (C=O) groups is 2. The summed E-state index contributed by atoms with van der Waals surface area (Å²) in [5.74, 6) is -0.638. The number of carbonyl (C=O) groups excluding carboxylic acids is 2. The van der Waals surface area contributed by atoms with Crippen LogP contribution in [-0.4, -0.2) is 42.6 Å². The maximum atomic E-state index is 13.4. The normalized spacial score (nSPS) is 12.7. The first-order chi connectivity index (χ1) is 14.7. The Labute approximate surface area is 180 Å². The molecule has 8 nitrogen and oxygen atoms in total. The number of aromatic nitrogens is 1. The number of sulfonamides is 1.